The van der Waals surface area contributed by atoms with E-state index in [1.54, 1.807) is 32.2 Å². The van der Waals surface area contributed by atoms with Gasteiger partial charge in [-0.2, -0.15) is 0 Å². The molecule has 1 unspecified atom stereocenters. The van der Waals surface area contributed by atoms with Crippen LogP contribution in [0.4, 0.5) is 14.5 Å². The Hall–Kier alpha value is -2.96. The number of hydrogen-bond acceptors (Lipinski definition) is 3. The van der Waals surface area contributed by atoms with Crippen molar-refractivity contribution in [2.45, 2.75) is 26.0 Å². The van der Waals surface area contributed by atoms with E-state index in [9.17, 15) is 18.4 Å². The summed E-state index contributed by atoms with van der Waals surface area (Å²) in [4.78, 5) is 27.8. The fraction of sp³-hybridized carbons (Fsp3) is 0.300. The van der Waals surface area contributed by atoms with E-state index < -0.39 is 17.7 Å². The van der Waals surface area contributed by atoms with E-state index in [4.69, 9.17) is 4.74 Å². The molecule has 7 heteroatoms. The number of fused-ring (bicyclic) bond motifs is 1. The predicted octanol–water partition coefficient (Wildman–Crippen LogP) is 3.13. The summed E-state index contributed by atoms with van der Waals surface area (Å²) >= 11 is 0. The van der Waals surface area contributed by atoms with Gasteiger partial charge in [0.25, 0.3) is 5.91 Å². The third-order valence-electron chi connectivity index (χ3n) is 4.47. The molecule has 27 heavy (non-hydrogen) atoms. The molecular weight excluding hydrogens is 354 g/mol. The lowest BCUT2D eigenvalue weighted by Gasteiger charge is -2.33. The summed E-state index contributed by atoms with van der Waals surface area (Å²) in [5.74, 6) is -1.22. The van der Waals surface area contributed by atoms with Gasteiger partial charge in [0, 0.05) is 38.2 Å². The van der Waals surface area contributed by atoms with Crippen molar-refractivity contribution in [2.75, 3.05) is 18.5 Å². The summed E-state index contributed by atoms with van der Waals surface area (Å²) in [6, 6.07) is 10.4. The fourth-order valence-electron chi connectivity index (χ4n) is 2.98. The molecule has 2 amide bonds. The Balaban J connectivity index is 1.65. The van der Waals surface area contributed by atoms with E-state index >= 15 is 0 Å². The third kappa shape index (κ3) is 4.07. The van der Waals surface area contributed by atoms with Crippen molar-refractivity contribution in [3.05, 3.63) is 59.7 Å². The Bertz CT molecular complexity index is 872. The molecular formula is C20H20F2N2O3. The van der Waals surface area contributed by atoms with E-state index in [1.807, 2.05) is 6.07 Å². The van der Waals surface area contributed by atoms with Crippen molar-refractivity contribution in [2.24, 2.45) is 0 Å². The number of nitrogens with zero attached hydrogens (tertiary/aromatic N) is 2. The number of amides is 2. The SMILES string of the molecule is CC1Oc2ccccc2N(CCC(=O)N(C)Cc2ccc(F)cc2F)C1=O. The average molecular weight is 374 g/mol. The lowest BCUT2D eigenvalue weighted by Crippen LogP contribution is -2.45. The van der Waals surface area contributed by atoms with Gasteiger partial charge in [0.2, 0.25) is 5.91 Å². The summed E-state index contributed by atoms with van der Waals surface area (Å²) in [5, 5.41) is 0. The van der Waals surface area contributed by atoms with Crippen LogP contribution in [-0.2, 0) is 16.1 Å². The smallest absolute Gasteiger partial charge is 0.267 e. The molecule has 5 nitrogen and oxygen atoms in total. The second kappa shape index (κ2) is 7.73. The first-order valence-corrected chi connectivity index (χ1v) is 8.62. The molecule has 0 aliphatic carbocycles. The van der Waals surface area contributed by atoms with E-state index in [2.05, 4.69) is 0 Å². The number of rotatable bonds is 5. The van der Waals surface area contributed by atoms with Crippen LogP contribution < -0.4 is 9.64 Å². The van der Waals surface area contributed by atoms with Crippen LogP contribution in [0.5, 0.6) is 5.75 Å². The lowest BCUT2D eigenvalue weighted by molar-refractivity contribution is -0.130. The largest absolute Gasteiger partial charge is 0.479 e. The maximum atomic E-state index is 13.8. The highest BCUT2D eigenvalue weighted by atomic mass is 19.1. The zero-order chi connectivity index (χ0) is 19.6. The van der Waals surface area contributed by atoms with Gasteiger partial charge < -0.3 is 14.5 Å². The fourth-order valence-corrected chi connectivity index (χ4v) is 2.98. The summed E-state index contributed by atoms with van der Waals surface area (Å²) in [6.45, 7) is 1.88. The second-order valence-electron chi connectivity index (χ2n) is 6.45. The van der Waals surface area contributed by atoms with Crippen molar-refractivity contribution < 1.29 is 23.1 Å². The predicted molar refractivity (Wildman–Crippen MR) is 96.3 cm³/mol. The molecule has 2 aromatic carbocycles. The number of anilines is 1. The molecule has 0 fully saturated rings. The first kappa shape index (κ1) is 18.8. The number of hydrogen-bond donors (Lipinski definition) is 0. The van der Waals surface area contributed by atoms with E-state index in [0.29, 0.717) is 11.4 Å². The first-order valence-electron chi connectivity index (χ1n) is 8.62. The van der Waals surface area contributed by atoms with Gasteiger partial charge in [-0.3, -0.25) is 9.59 Å². The van der Waals surface area contributed by atoms with Gasteiger partial charge in [0.1, 0.15) is 17.4 Å². The molecule has 1 atom stereocenters. The van der Waals surface area contributed by atoms with Crippen molar-refractivity contribution in [1.82, 2.24) is 4.90 Å². The van der Waals surface area contributed by atoms with Gasteiger partial charge >= 0.3 is 0 Å². The number of halogens is 2. The third-order valence-corrected chi connectivity index (χ3v) is 4.47. The number of carbonyl (C=O) groups is 2. The second-order valence-corrected chi connectivity index (χ2v) is 6.45. The average Bonchev–Trinajstić information content (AvgIpc) is 2.64. The summed E-state index contributed by atoms with van der Waals surface area (Å²) in [5.41, 5.74) is 0.856. The Labute approximate surface area is 156 Å². The first-order chi connectivity index (χ1) is 12.9. The Morgan fingerprint density at radius 3 is 2.70 bits per heavy atom. The Kier molecular flexibility index (Phi) is 5.39. The quantitative estimate of drug-likeness (QED) is 0.808. The molecule has 0 bridgehead atoms. The van der Waals surface area contributed by atoms with Crippen LogP contribution in [0.1, 0.15) is 18.9 Å². The maximum absolute atomic E-state index is 13.8. The molecule has 0 aromatic heterocycles. The van der Waals surface area contributed by atoms with Gasteiger partial charge in [-0.15, -0.1) is 0 Å². The summed E-state index contributed by atoms with van der Waals surface area (Å²) in [6.07, 6.45) is -0.549. The van der Waals surface area contributed by atoms with Gasteiger partial charge in [0.15, 0.2) is 6.10 Å². The standard InChI is InChI=1S/C20H20F2N2O3/c1-13-20(26)24(17-5-3-4-6-18(17)27-13)10-9-19(25)23(2)12-14-7-8-15(21)11-16(14)22/h3-8,11,13H,9-10,12H2,1-2H3. The van der Waals surface area contributed by atoms with Gasteiger partial charge in [-0.1, -0.05) is 18.2 Å². The zero-order valence-corrected chi connectivity index (χ0v) is 15.1. The lowest BCUT2D eigenvalue weighted by atomic mass is 10.1. The molecule has 142 valence electrons. The van der Waals surface area contributed by atoms with Crippen LogP contribution in [-0.4, -0.2) is 36.4 Å². The highest BCUT2D eigenvalue weighted by molar-refractivity contribution is 6.00. The van der Waals surface area contributed by atoms with E-state index in [1.165, 1.54) is 15.9 Å². The molecule has 2 aromatic rings. The number of carbonyl (C=O) groups excluding carboxylic acids is 2. The topological polar surface area (TPSA) is 49.9 Å². The Morgan fingerprint density at radius 1 is 1.22 bits per heavy atom. The molecule has 0 saturated heterocycles. The normalized spacial score (nSPS) is 15.9. The van der Waals surface area contributed by atoms with Gasteiger partial charge in [-0.25, -0.2) is 8.78 Å². The van der Waals surface area contributed by atoms with Crippen molar-refractivity contribution >= 4 is 17.5 Å². The minimum absolute atomic E-state index is 0.0228. The summed E-state index contributed by atoms with van der Waals surface area (Å²) in [7, 11) is 1.54. The highest BCUT2D eigenvalue weighted by Gasteiger charge is 2.31. The molecule has 0 radical (unpaired) electrons. The summed E-state index contributed by atoms with van der Waals surface area (Å²) < 4.78 is 32.3. The van der Waals surface area contributed by atoms with Crippen LogP contribution in [0, 0.1) is 11.6 Å². The van der Waals surface area contributed by atoms with Crippen LogP contribution >= 0.6 is 0 Å². The molecule has 3 rings (SSSR count). The van der Waals surface area contributed by atoms with E-state index in [-0.39, 0.29) is 36.9 Å². The van der Waals surface area contributed by atoms with Crippen molar-refractivity contribution in [3.8, 4) is 5.75 Å². The van der Waals surface area contributed by atoms with Gasteiger partial charge in [0.05, 0.1) is 5.69 Å². The molecule has 1 aliphatic rings. The van der Waals surface area contributed by atoms with Crippen LogP contribution in [0.2, 0.25) is 0 Å². The van der Waals surface area contributed by atoms with Crippen molar-refractivity contribution in [3.63, 3.8) is 0 Å². The minimum atomic E-state index is -0.694. The number of ether oxygens (including phenoxy) is 1. The molecule has 1 aliphatic heterocycles. The highest BCUT2D eigenvalue weighted by Crippen LogP contribution is 2.33. The minimum Gasteiger partial charge on any atom is -0.479 e. The van der Waals surface area contributed by atoms with Gasteiger partial charge in [-0.05, 0) is 25.1 Å². The Morgan fingerprint density at radius 2 is 1.96 bits per heavy atom. The number of para-hydroxylation sites is 2. The van der Waals surface area contributed by atoms with E-state index in [0.717, 1.165) is 12.1 Å². The maximum Gasteiger partial charge on any atom is 0.267 e. The van der Waals surface area contributed by atoms with Crippen LogP contribution in [0.3, 0.4) is 0 Å². The van der Waals surface area contributed by atoms with Crippen LogP contribution in [0.25, 0.3) is 0 Å². The number of benzene rings is 2. The molecule has 1 heterocycles. The van der Waals surface area contributed by atoms with Crippen molar-refractivity contribution in [1.29, 1.82) is 0 Å². The van der Waals surface area contributed by atoms with Crippen LogP contribution in [0.15, 0.2) is 42.5 Å². The molecule has 0 saturated carbocycles. The zero-order valence-electron chi connectivity index (χ0n) is 15.1. The molecule has 0 N–H and O–H groups in total. The molecule has 0 spiro atoms. The monoisotopic (exact) mass is 374 g/mol.